The highest BCUT2D eigenvalue weighted by atomic mass is 32.2. The van der Waals surface area contributed by atoms with Gasteiger partial charge in [-0.3, -0.25) is 4.72 Å². The molecule has 0 aliphatic heterocycles. The summed E-state index contributed by atoms with van der Waals surface area (Å²) in [6, 6.07) is 5.74. The minimum Gasteiger partial charge on any atom is -0.326 e. The number of benzene rings is 1. The lowest BCUT2D eigenvalue weighted by Crippen LogP contribution is -2.13. The van der Waals surface area contributed by atoms with E-state index in [1.807, 2.05) is 0 Å². The van der Waals surface area contributed by atoms with Crippen LogP contribution in [0.3, 0.4) is 0 Å². The van der Waals surface area contributed by atoms with Crippen LogP contribution in [0.4, 0.5) is 10.1 Å². The Balaban J connectivity index is 2.33. The van der Waals surface area contributed by atoms with Crippen molar-refractivity contribution in [1.29, 1.82) is 0 Å². The van der Waals surface area contributed by atoms with Gasteiger partial charge in [0.2, 0.25) is 0 Å². The molecule has 102 valence electrons. The van der Waals surface area contributed by atoms with Crippen molar-refractivity contribution in [1.82, 2.24) is 0 Å². The van der Waals surface area contributed by atoms with Crippen LogP contribution in [0.2, 0.25) is 0 Å². The molecule has 0 atom stereocenters. The quantitative estimate of drug-likeness (QED) is 0.911. The number of nitrogens with one attached hydrogen (secondary N) is 1. The van der Waals surface area contributed by atoms with Crippen molar-refractivity contribution in [3.63, 3.8) is 0 Å². The molecule has 0 radical (unpaired) electrons. The molecule has 2 aromatic rings. The first-order valence-electron chi connectivity index (χ1n) is 5.49. The van der Waals surface area contributed by atoms with E-state index in [4.69, 9.17) is 5.73 Å². The summed E-state index contributed by atoms with van der Waals surface area (Å²) in [5.74, 6) is -0.608. The van der Waals surface area contributed by atoms with Crippen molar-refractivity contribution >= 4 is 27.0 Å². The van der Waals surface area contributed by atoms with Crippen molar-refractivity contribution in [2.24, 2.45) is 5.73 Å². The standard InChI is InChI=1S/C12H13FN2O2S2/c1-8-2-3-11(13)12(4-8)15-19(16,17)10-5-9(6-14)18-7-10/h2-5,7,15H,6,14H2,1H3. The smallest absolute Gasteiger partial charge is 0.262 e. The van der Waals surface area contributed by atoms with E-state index in [0.29, 0.717) is 0 Å². The maximum atomic E-state index is 13.5. The predicted octanol–water partition coefficient (Wildman–Crippen LogP) is 2.46. The molecule has 1 aromatic carbocycles. The van der Waals surface area contributed by atoms with Crippen LogP contribution in [0.5, 0.6) is 0 Å². The molecule has 1 aromatic heterocycles. The SMILES string of the molecule is Cc1ccc(F)c(NS(=O)(=O)c2csc(CN)c2)c1. The van der Waals surface area contributed by atoms with Crippen LogP contribution in [0, 0.1) is 12.7 Å². The van der Waals surface area contributed by atoms with Crippen molar-refractivity contribution < 1.29 is 12.8 Å². The largest absolute Gasteiger partial charge is 0.326 e. The maximum absolute atomic E-state index is 13.5. The summed E-state index contributed by atoms with van der Waals surface area (Å²) in [5, 5.41) is 1.48. The van der Waals surface area contributed by atoms with Gasteiger partial charge < -0.3 is 5.73 Å². The zero-order valence-electron chi connectivity index (χ0n) is 10.2. The molecule has 0 spiro atoms. The molecule has 0 aliphatic carbocycles. The number of anilines is 1. The minimum atomic E-state index is -3.78. The summed E-state index contributed by atoms with van der Waals surface area (Å²) in [5.41, 5.74) is 6.15. The van der Waals surface area contributed by atoms with Gasteiger partial charge in [0.25, 0.3) is 10.0 Å². The lowest BCUT2D eigenvalue weighted by Gasteiger charge is -2.08. The van der Waals surface area contributed by atoms with Gasteiger partial charge in [-0.2, -0.15) is 0 Å². The Kier molecular flexibility index (Phi) is 3.88. The Bertz CT molecular complexity index is 696. The number of nitrogens with two attached hydrogens (primary N) is 1. The van der Waals surface area contributed by atoms with E-state index < -0.39 is 15.8 Å². The Labute approximate surface area is 115 Å². The van der Waals surface area contributed by atoms with E-state index >= 15 is 0 Å². The molecule has 2 rings (SSSR count). The number of thiophene rings is 1. The number of halogens is 1. The van der Waals surface area contributed by atoms with E-state index in [1.165, 1.54) is 34.9 Å². The van der Waals surface area contributed by atoms with Gasteiger partial charge in [0.15, 0.2) is 0 Å². The van der Waals surface area contributed by atoms with Gasteiger partial charge in [0, 0.05) is 16.8 Å². The number of hydrogen-bond donors (Lipinski definition) is 2. The molecule has 7 heteroatoms. The summed E-state index contributed by atoms with van der Waals surface area (Å²) in [6.07, 6.45) is 0. The average molecular weight is 300 g/mol. The lowest BCUT2D eigenvalue weighted by molar-refractivity contribution is 0.599. The van der Waals surface area contributed by atoms with Gasteiger partial charge in [-0.25, -0.2) is 12.8 Å². The molecule has 0 bridgehead atoms. The number of hydrogen-bond acceptors (Lipinski definition) is 4. The fraction of sp³-hybridized carbons (Fsp3) is 0.167. The van der Waals surface area contributed by atoms with Crippen LogP contribution in [0.15, 0.2) is 34.5 Å². The highest BCUT2D eigenvalue weighted by Crippen LogP contribution is 2.23. The fourth-order valence-corrected chi connectivity index (χ4v) is 3.74. The maximum Gasteiger partial charge on any atom is 0.262 e. The molecule has 4 nitrogen and oxygen atoms in total. The normalized spacial score (nSPS) is 11.5. The van der Waals surface area contributed by atoms with Crippen molar-refractivity contribution in [2.45, 2.75) is 18.4 Å². The molecule has 0 unspecified atom stereocenters. The van der Waals surface area contributed by atoms with Crippen LogP contribution in [0.25, 0.3) is 0 Å². The third-order valence-corrected chi connectivity index (χ3v) is 4.96. The van der Waals surface area contributed by atoms with Crippen LogP contribution in [-0.2, 0) is 16.6 Å². The molecule has 0 saturated heterocycles. The zero-order valence-corrected chi connectivity index (χ0v) is 11.8. The van der Waals surface area contributed by atoms with Gasteiger partial charge >= 0.3 is 0 Å². The average Bonchev–Trinajstić information content (AvgIpc) is 2.83. The van der Waals surface area contributed by atoms with Crippen molar-refractivity contribution in [3.05, 3.63) is 45.9 Å². The summed E-state index contributed by atoms with van der Waals surface area (Å²) in [7, 11) is -3.78. The monoisotopic (exact) mass is 300 g/mol. The molecule has 0 aliphatic rings. The van der Waals surface area contributed by atoms with Crippen molar-refractivity contribution in [3.8, 4) is 0 Å². The first-order valence-corrected chi connectivity index (χ1v) is 7.85. The van der Waals surface area contributed by atoms with Gasteiger partial charge in [0.05, 0.1) is 10.6 Å². The van der Waals surface area contributed by atoms with E-state index in [-0.39, 0.29) is 17.1 Å². The first kappa shape index (κ1) is 14.0. The molecule has 1 heterocycles. The second kappa shape index (κ2) is 5.28. The Hall–Kier alpha value is -1.44. The number of rotatable bonds is 4. The highest BCUT2D eigenvalue weighted by molar-refractivity contribution is 7.92. The topological polar surface area (TPSA) is 72.2 Å². The molecule has 0 saturated carbocycles. The van der Waals surface area contributed by atoms with Gasteiger partial charge in [-0.05, 0) is 30.7 Å². The van der Waals surface area contributed by atoms with Gasteiger partial charge in [-0.15, -0.1) is 11.3 Å². The molecular formula is C12H13FN2O2S2. The summed E-state index contributed by atoms with van der Waals surface area (Å²) >= 11 is 1.26. The van der Waals surface area contributed by atoms with E-state index in [1.54, 1.807) is 13.0 Å². The third kappa shape index (κ3) is 3.12. The lowest BCUT2D eigenvalue weighted by atomic mass is 10.2. The van der Waals surface area contributed by atoms with E-state index in [9.17, 15) is 12.8 Å². The van der Waals surface area contributed by atoms with Crippen LogP contribution in [-0.4, -0.2) is 8.42 Å². The molecule has 0 fully saturated rings. The zero-order chi connectivity index (χ0) is 14.0. The fourth-order valence-electron chi connectivity index (χ4n) is 1.53. The van der Waals surface area contributed by atoms with Gasteiger partial charge in [0.1, 0.15) is 5.82 Å². The summed E-state index contributed by atoms with van der Waals surface area (Å²) in [6.45, 7) is 2.04. The number of aryl methyl sites for hydroxylation is 1. The molecule has 3 N–H and O–H groups in total. The molecule has 0 amide bonds. The highest BCUT2D eigenvalue weighted by Gasteiger charge is 2.18. The molecular weight excluding hydrogens is 287 g/mol. The minimum absolute atomic E-state index is 0.0551. The van der Waals surface area contributed by atoms with Gasteiger partial charge in [-0.1, -0.05) is 6.07 Å². The number of sulfonamides is 1. The Morgan fingerprint density at radius 1 is 1.37 bits per heavy atom. The second-order valence-corrected chi connectivity index (χ2v) is 6.72. The van der Waals surface area contributed by atoms with Crippen LogP contribution >= 0.6 is 11.3 Å². The van der Waals surface area contributed by atoms with Crippen LogP contribution in [0.1, 0.15) is 10.4 Å². The second-order valence-electron chi connectivity index (χ2n) is 4.04. The molecule has 19 heavy (non-hydrogen) atoms. The summed E-state index contributed by atoms with van der Waals surface area (Å²) < 4.78 is 40.0. The van der Waals surface area contributed by atoms with E-state index in [0.717, 1.165) is 10.4 Å². The first-order chi connectivity index (χ1) is 8.92. The van der Waals surface area contributed by atoms with E-state index in [2.05, 4.69) is 4.72 Å². The van der Waals surface area contributed by atoms with Crippen molar-refractivity contribution in [2.75, 3.05) is 4.72 Å². The summed E-state index contributed by atoms with van der Waals surface area (Å²) in [4.78, 5) is 0.851. The third-order valence-electron chi connectivity index (χ3n) is 2.51. The van der Waals surface area contributed by atoms with Crippen LogP contribution < -0.4 is 10.5 Å². The Morgan fingerprint density at radius 2 is 2.11 bits per heavy atom. The predicted molar refractivity (Wildman–Crippen MR) is 74.2 cm³/mol. The Morgan fingerprint density at radius 3 is 2.74 bits per heavy atom.